The van der Waals surface area contributed by atoms with Crippen LogP contribution in [0.3, 0.4) is 0 Å². The fourth-order valence-electron chi connectivity index (χ4n) is 3.57. The molecule has 0 bridgehead atoms. The molecular weight excluding hydrogens is 387 g/mol. The van der Waals surface area contributed by atoms with Gasteiger partial charge in [-0.05, 0) is 18.4 Å². The first kappa shape index (κ1) is 18.3. The van der Waals surface area contributed by atoms with E-state index in [2.05, 4.69) is 0 Å². The van der Waals surface area contributed by atoms with Crippen LogP contribution in [-0.2, 0) is 19.2 Å². The van der Waals surface area contributed by atoms with Crippen molar-refractivity contribution >= 4 is 63.5 Å². The molecule has 0 aliphatic heterocycles. The maximum atomic E-state index is 13.2. The van der Waals surface area contributed by atoms with Crippen molar-refractivity contribution in [2.24, 2.45) is 5.41 Å². The van der Waals surface area contributed by atoms with Gasteiger partial charge >= 0.3 is 0 Å². The van der Waals surface area contributed by atoms with Gasteiger partial charge in [0.15, 0.2) is 5.78 Å². The van der Waals surface area contributed by atoms with Crippen LogP contribution < -0.4 is 0 Å². The summed E-state index contributed by atoms with van der Waals surface area (Å²) in [5, 5.41) is 0. The van der Waals surface area contributed by atoms with Crippen LogP contribution in [0.1, 0.15) is 31.2 Å². The summed E-state index contributed by atoms with van der Waals surface area (Å²) in [6.45, 7) is 0. The molecule has 1 aromatic rings. The monoisotopic (exact) mass is 398 g/mol. The van der Waals surface area contributed by atoms with Crippen molar-refractivity contribution in [3.05, 3.63) is 41.5 Å². The molecule has 2 aliphatic carbocycles. The molecule has 3 rings (SSSR count). The van der Waals surface area contributed by atoms with E-state index in [4.69, 9.17) is 34.8 Å². The second-order valence-corrected chi connectivity index (χ2v) is 8.50. The van der Waals surface area contributed by atoms with Gasteiger partial charge < -0.3 is 0 Å². The molecule has 4 nitrogen and oxygen atoms in total. The highest BCUT2D eigenvalue weighted by molar-refractivity contribution is 6.80. The van der Waals surface area contributed by atoms with Crippen LogP contribution in [0.25, 0.3) is 5.57 Å². The Balaban J connectivity index is 2.31. The fraction of sp³-hybridized carbons (Fsp3) is 0.333. The van der Waals surface area contributed by atoms with Crippen molar-refractivity contribution in [2.75, 3.05) is 0 Å². The Kier molecular flexibility index (Phi) is 4.65. The van der Waals surface area contributed by atoms with Crippen molar-refractivity contribution < 1.29 is 19.2 Å². The van der Waals surface area contributed by atoms with Gasteiger partial charge in [-0.15, -0.1) is 0 Å². The number of allylic oxidation sites excluding steroid dienone is 2. The summed E-state index contributed by atoms with van der Waals surface area (Å²) in [5.74, 6) is -3.60. The number of carbonyl (C=O) groups is 4. The van der Waals surface area contributed by atoms with E-state index in [9.17, 15) is 19.2 Å². The lowest BCUT2D eigenvalue weighted by molar-refractivity contribution is -0.146. The van der Waals surface area contributed by atoms with Crippen LogP contribution >= 0.6 is 34.8 Å². The molecule has 130 valence electrons. The van der Waals surface area contributed by atoms with Gasteiger partial charge in [0, 0.05) is 5.57 Å². The average molecular weight is 400 g/mol. The number of rotatable bonds is 2. The topological polar surface area (TPSA) is 68.3 Å². The molecule has 7 heteroatoms. The predicted molar refractivity (Wildman–Crippen MR) is 94.6 cm³/mol. The maximum absolute atomic E-state index is 13.2. The minimum Gasteiger partial charge on any atom is -0.293 e. The van der Waals surface area contributed by atoms with Gasteiger partial charge in [-0.1, -0.05) is 78.0 Å². The molecule has 0 saturated heterocycles. The highest BCUT2D eigenvalue weighted by atomic mass is 35.6. The van der Waals surface area contributed by atoms with Crippen molar-refractivity contribution in [3.8, 4) is 0 Å². The smallest absolute Gasteiger partial charge is 0.253 e. The lowest BCUT2D eigenvalue weighted by Crippen LogP contribution is -2.49. The number of Topliss-reactive ketones (excluding diaryl/α,β-unsaturated/α-hetero) is 4. The van der Waals surface area contributed by atoms with E-state index >= 15 is 0 Å². The molecule has 0 heterocycles. The lowest BCUT2D eigenvalue weighted by Gasteiger charge is -2.32. The molecule has 1 saturated carbocycles. The predicted octanol–water partition coefficient (Wildman–Crippen LogP) is 3.66. The lowest BCUT2D eigenvalue weighted by atomic mass is 9.66. The first-order valence-corrected chi connectivity index (χ1v) is 8.89. The van der Waals surface area contributed by atoms with Crippen molar-refractivity contribution in [3.63, 3.8) is 0 Å². The van der Waals surface area contributed by atoms with E-state index in [1.54, 1.807) is 30.3 Å². The fourth-order valence-corrected chi connectivity index (χ4v) is 3.86. The van der Waals surface area contributed by atoms with Crippen LogP contribution in [0.5, 0.6) is 0 Å². The molecule has 0 atom stereocenters. The highest BCUT2D eigenvalue weighted by Crippen LogP contribution is 2.48. The molecular formula is C18H13Cl3O4. The first-order valence-electron chi connectivity index (χ1n) is 7.75. The number of halogens is 3. The molecule has 1 spiro atoms. The van der Waals surface area contributed by atoms with Gasteiger partial charge in [0.2, 0.25) is 17.3 Å². The first-order chi connectivity index (χ1) is 11.7. The SMILES string of the molecule is O=C1C(=O)C2(CCCC2)C(=O)C(c2ccccc2)=C1C(=O)C(Cl)(Cl)Cl. The number of alkyl halides is 3. The van der Waals surface area contributed by atoms with Crippen LogP contribution in [0, 0.1) is 5.41 Å². The summed E-state index contributed by atoms with van der Waals surface area (Å²) in [6, 6.07) is 8.23. The van der Waals surface area contributed by atoms with E-state index in [1.165, 1.54) is 0 Å². The third-order valence-electron chi connectivity index (χ3n) is 4.78. The van der Waals surface area contributed by atoms with Gasteiger partial charge in [0.25, 0.3) is 3.79 Å². The summed E-state index contributed by atoms with van der Waals surface area (Å²) < 4.78 is -2.44. The molecule has 0 aromatic heterocycles. The molecule has 0 radical (unpaired) electrons. The van der Waals surface area contributed by atoms with Crippen LogP contribution in [0.4, 0.5) is 0 Å². The van der Waals surface area contributed by atoms with Crippen molar-refractivity contribution in [1.29, 1.82) is 0 Å². The van der Waals surface area contributed by atoms with Gasteiger partial charge in [-0.3, -0.25) is 19.2 Å². The second-order valence-electron chi connectivity index (χ2n) is 6.22. The Morgan fingerprint density at radius 3 is 2.00 bits per heavy atom. The zero-order chi connectivity index (χ0) is 18.4. The van der Waals surface area contributed by atoms with Crippen molar-refractivity contribution in [1.82, 2.24) is 0 Å². The van der Waals surface area contributed by atoms with Crippen LogP contribution in [-0.4, -0.2) is 26.9 Å². The Hall–Kier alpha value is -1.49. The van der Waals surface area contributed by atoms with Crippen molar-refractivity contribution in [2.45, 2.75) is 29.5 Å². The molecule has 0 amide bonds. The Morgan fingerprint density at radius 2 is 1.48 bits per heavy atom. The van der Waals surface area contributed by atoms with E-state index in [1.807, 2.05) is 0 Å². The highest BCUT2D eigenvalue weighted by Gasteiger charge is 2.57. The Bertz CT molecular complexity index is 812. The average Bonchev–Trinajstić information content (AvgIpc) is 3.07. The summed E-state index contributed by atoms with van der Waals surface area (Å²) in [7, 11) is 0. The minimum absolute atomic E-state index is 0.122. The number of benzene rings is 1. The zero-order valence-electron chi connectivity index (χ0n) is 13.0. The van der Waals surface area contributed by atoms with Gasteiger partial charge in [0.1, 0.15) is 5.41 Å². The zero-order valence-corrected chi connectivity index (χ0v) is 15.2. The Labute approximate surface area is 159 Å². The molecule has 1 aromatic carbocycles. The quantitative estimate of drug-likeness (QED) is 0.329. The van der Waals surface area contributed by atoms with Gasteiger partial charge in [-0.2, -0.15) is 0 Å². The van der Waals surface area contributed by atoms with E-state index in [0.29, 0.717) is 31.2 Å². The summed E-state index contributed by atoms with van der Waals surface area (Å²) in [6.07, 6.45) is 1.92. The molecule has 0 N–H and O–H groups in total. The van der Waals surface area contributed by atoms with E-state index in [-0.39, 0.29) is 5.57 Å². The Morgan fingerprint density at radius 1 is 0.920 bits per heavy atom. The molecule has 1 fully saturated rings. The summed E-state index contributed by atoms with van der Waals surface area (Å²) in [5.41, 5.74) is -1.78. The maximum Gasteiger partial charge on any atom is 0.253 e. The third kappa shape index (κ3) is 2.86. The molecule has 2 aliphatic rings. The number of carbonyl (C=O) groups excluding carboxylic acids is 4. The molecule has 25 heavy (non-hydrogen) atoms. The minimum atomic E-state index is -2.44. The summed E-state index contributed by atoms with van der Waals surface area (Å²) in [4.78, 5) is 51.2. The third-order valence-corrected chi connectivity index (χ3v) is 5.30. The van der Waals surface area contributed by atoms with Crippen LogP contribution in [0.2, 0.25) is 0 Å². The summed E-state index contributed by atoms with van der Waals surface area (Å²) >= 11 is 17.0. The number of ketones is 4. The van der Waals surface area contributed by atoms with Gasteiger partial charge in [0.05, 0.1) is 5.57 Å². The van der Waals surface area contributed by atoms with E-state index < -0.39 is 37.9 Å². The normalized spacial score (nSPS) is 20.5. The second kappa shape index (κ2) is 6.35. The van der Waals surface area contributed by atoms with Crippen LogP contribution in [0.15, 0.2) is 35.9 Å². The molecule has 0 unspecified atom stereocenters. The standard InChI is InChI=1S/C18H13Cl3O4/c19-18(20,21)15(24)12-11(10-6-2-1-3-7-10)14(23)17(8-4-5-9-17)16(25)13(12)22/h1-3,6-7H,4-5,8-9H2. The number of hydrogen-bond acceptors (Lipinski definition) is 4. The number of hydrogen-bond donors (Lipinski definition) is 0. The van der Waals surface area contributed by atoms with Gasteiger partial charge in [-0.25, -0.2) is 0 Å². The largest absolute Gasteiger partial charge is 0.293 e. The van der Waals surface area contributed by atoms with E-state index in [0.717, 1.165) is 0 Å².